The number of hydrogen-bond donors (Lipinski definition) is 2. The van der Waals surface area contributed by atoms with E-state index in [-0.39, 0.29) is 0 Å². The number of aromatic amines is 2. The predicted octanol–water partition coefficient (Wildman–Crippen LogP) is 4.00. The highest BCUT2D eigenvalue weighted by atomic mass is 32.2. The van der Waals surface area contributed by atoms with Gasteiger partial charge >= 0.3 is 0 Å². The predicted molar refractivity (Wildman–Crippen MR) is 109 cm³/mol. The molecule has 134 valence electrons. The Bertz CT molecular complexity index is 1120. The van der Waals surface area contributed by atoms with Crippen LogP contribution in [0.15, 0.2) is 65.0 Å². The first-order valence-corrected chi connectivity index (χ1v) is 9.69. The molecule has 0 bridgehead atoms. The molecule has 2 N–H and O–H groups in total. The lowest BCUT2D eigenvalue weighted by Gasteiger charge is -2.02. The molecule has 0 saturated carbocycles. The fraction of sp³-hybridized carbons (Fsp3) is 0.0556. The number of hydrogen-bond acceptors (Lipinski definition) is 6. The van der Waals surface area contributed by atoms with Crippen molar-refractivity contribution in [1.29, 1.82) is 0 Å². The molecular formula is C18H15N7S2. The van der Waals surface area contributed by atoms with E-state index in [1.165, 1.54) is 4.90 Å². The van der Waals surface area contributed by atoms with Gasteiger partial charge in [-0.1, -0.05) is 12.1 Å². The van der Waals surface area contributed by atoms with Crippen molar-refractivity contribution in [3.63, 3.8) is 0 Å². The van der Waals surface area contributed by atoms with Crippen molar-refractivity contribution in [2.75, 3.05) is 6.26 Å². The van der Waals surface area contributed by atoms with E-state index in [1.54, 1.807) is 41.2 Å². The fourth-order valence-corrected chi connectivity index (χ4v) is 3.18. The van der Waals surface area contributed by atoms with Gasteiger partial charge in [-0.3, -0.25) is 10.1 Å². The summed E-state index contributed by atoms with van der Waals surface area (Å²) in [6.07, 6.45) is 8.91. The first-order chi connectivity index (χ1) is 13.3. The topological polar surface area (TPSA) is 87.5 Å². The maximum Gasteiger partial charge on any atom is 0.216 e. The summed E-state index contributed by atoms with van der Waals surface area (Å²) in [6.45, 7) is 0. The van der Waals surface area contributed by atoms with Crippen LogP contribution in [0, 0.1) is 4.77 Å². The number of nitrogens with zero attached hydrogens (tertiary/aromatic N) is 5. The van der Waals surface area contributed by atoms with Crippen molar-refractivity contribution in [3.05, 3.63) is 65.3 Å². The van der Waals surface area contributed by atoms with Crippen LogP contribution in [0.4, 0.5) is 0 Å². The molecule has 3 aromatic heterocycles. The Morgan fingerprint density at radius 2 is 1.85 bits per heavy atom. The summed E-state index contributed by atoms with van der Waals surface area (Å²) in [6, 6.07) is 12.0. The van der Waals surface area contributed by atoms with Gasteiger partial charge in [0.15, 0.2) is 5.82 Å². The minimum absolute atomic E-state index is 0.410. The van der Waals surface area contributed by atoms with Crippen LogP contribution in [-0.4, -0.2) is 42.5 Å². The number of pyridine rings is 1. The van der Waals surface area contributed by atoms with Crippen LogP contribution in [-0.2, 0) is 0 Å². The van der Waals surface area contributed by atoms with E-state index < -0.39 is 0 Å². The zero-order valence-corrected chi connectivity index (χ0v) is 16.0. The van der Waals surface area contributed by atoms with Crippen molar-refractivity contribution in [3.8, 4) is 22.6 Å². The summed E-state index contributed by atoms with van der Waals surface area (Å²) in [5.74, 6) is 0.619. The van der Waals surface area contributed by atoms with Crippen LogP contribution in [0.25, 0.3) is 22.6 Å². The van der Waals surface area contributed by atoms with Gasteiger partial charge in [0, 0.05) is 34.0 Å². The van der Waals surface area contributed by atoms with Gasteiger partial charge in [0.1, 0.15) is 0 Å². The van der Waals surface area contributed by atoms with Crippen LogP contribution < -0.4 is 0 Å². The molecule has 1 aromatic carbocycles. The lowest BCUT2D eigenvalue weighted by Crippen LogP contribution is -1.95. The third kappa shape index (κ3) is 3.60. The second-order valence-corrected chi connectivity index (χ2v) is 6.84. The van der Waals surface area contributed by atoms with Gasteiger partial charge in [0.2, 0.25) is 4.77 Å². The Labute approximate surface area is 164 Å². The van der Waals surface area contributed by atoms with Crippen molar-refractivity contribution >= 4 is 30.2 Å². The van der Waals surface area contributed by atoms with Crippen molar-refractivity contribution < 1.29 is 0 Å². The number of thioether (sulfide) groups is 1. The summed E-state index contributed by atoms with van der Waals surface area (Å²) < 4.78 is 1.99. The van der Waals surface area contributed by atoms with E-state index in [0.717, 1.165) is 22.4 Å². The van der Waals surface area contributed by atoms with E-state index in [2.05, 4.69) is 61.0 Å². The molecular weight excluding hydrogens is 378 g/mol. The minimum atomic E-state index is 0.410. The third-order valence-electron chi connectivity index (χ3n) is 3.95. The second kappa shape index (κ2) is 7.68. The monoisotopic (exact) mass is 393 g/mol. The molecule has 0 saturated heterocycles. The van der Waals surface area contributed by atoms with Gasteiger partial charge in [-0.25, -0.2) is 5.10 Å². The lowest BCUT2D eigenvalue weighted by molar-refractivity contribution is 0.871. The molecule has 0 spiro atoms. The lowest BCUT2D eigenvalue weighted by atomic mass is 10.1. The number of aromatic nitrogens is 6. The van der Waals surface area contributed by atoms with Crippen molar-refractivity contribution in [2.45, 2.75) is 4.90 Å². The highest BCUT2D eigenvalue weighted by Gasteiger charge is 2.09. The Balaban J connectivity index is 1.68. The maximum absolute atomic E-state index is 5.31. The Morgan fingerprint density at radius 1 is 1.07 bits per heavy atom. The molecule has 0 fully saturated rings. The zero-order valence-electron chi connectivity index (χ0n) is 14.3. The van der Waals surface area contributed by atoms with Gasteiger partial charge in [0.25, 0.3) is 0 Å². The molecule has 0 atom stereocenters. The average Bonchev–Trinajstić information content (AvgIpc) is 3.33. The SMILES string of the molecule is CSc1ccc(-c2[nH]ncc2/C=N/n2c(-c3ccncc3)n[nH]c2=S)cc1. The Hall–Kier alpha value is -3.04. The summed E-state index contributed by atoms with van der Waals surface area (Å²) in [7, 11) is 0. The van der Waals surface area contributed by atoms with Gasteiger partial charge in [0.05, 0.1) is 18.1 Å². The van der Waals surface area contributed by atoms with Gasteiger partial charge in [-0.2, -0.15) is 20.0 Å². The molecule has 0 aliphatic rings. The van der Waals surface area contributed by atoms with E-state index in [1.807, 2.05) is 12.1 Å². The number of rotatable bonds is 5. The summed E-state index contributed by atoms with van der Waals surface area (Å²) >= 11 is 7.02. The summed E-state index contributed by atoms with van der Waals surface area (Å²) in [5, 5.41) is 18.7. The van der Waals surface area contributed by atoms with Crippen LogP contribution >= 0.6 is 24.0 Å². The molecule has 9 heteroatoms. The van der Waals surface area contributed by atoms with Crippen LogP contribution in [0.2, 0.25) is 0 Å². The molecule has 0 radical (unpaired) electrons. The standard InChI is InChI=1S/C18H15N7S2/c1-27-15-4-2-12(3-5-15)16-14(10-20-22-16)11-21-25-17(23-24-18(25)26)13-6-8-19-9-7-13/h2-11H,1H3,(H,20,22)(H,24,26)/b21-11+. The molecule has 3 heterocycles. The van der Waals surface area contributed by atoms with Crippen molar-refractivity contribution in [1.82, 2.24) is 30.1 Å². The smallest absolute Gasteiger partial charge is 0.216 e. The van der Waals surface area contributed by atoms with Crippen molar-refractivity contribution in [2.24, 2.45) is 5.10 Å². The summed E-state index contributed by atoms with van der Waals surface area (Å²) in [5.41, 5.74) is 3.66. The van der Waals surface area contributed by atoms with Gasteiger partial charge in [-0.05, 0) is 42.7 Å². The van der Waals surface area contributed by atoms with E-state index in [9.17, 15) is 0 Å². The molecule has 27 heavy (non-hydrogen) atoms. The highest BCUT2D eigenvalue weighted by molar-refractivity contribution is 7.98. The summed E-state index contributed by atoms with van der Waals surface area (Å²) in [4.78, 5) is 5.23. The Morgan fingerprint density at radius 3 is 2.59 bits per heavy atom. The molecule has 7 nitrogen and oxygen atoms in total. The number of benzene rings is 1. The Kier molecular flexibility index (Phi) is 4.95. The van der Waals surface area contributed by atoms with E-state index in [4.69, 9.17) is 12.2 Å². The molecule has 4 rings (SSSR count). The fourth-order valence-electron chi connectivity index (χ4n) is 2.59. The zero-order chi connectivity index (χ0) is 18.6. The highest BCUT2D eigenvalue weighted by Crippen LogP contribution is 2.23. The molecule has 0 aliphatic heterocycles. The first kappa shape index (κ1) is 17.4. The largest absolute Gasteiger partial charge is 0.277 e. The third-order valence-corrected chi connectivity index (χ3v) is 4.96. The molecule has 0 aliphatic carbocycles. The quantitative estimate of drug-likeness (QED) is 0.304. The number of nitrogens with one attached hydrogen (secondary N) is 2. The normalized spacial score (nSPS) is 11.3. The first-order valence-electron chi connectivity index (χ1n) is 8.06. The molecule has 0 unspecified atom stereocenters. The average molecular weight is 394 g/mol. The molecule has 4 aromatic rings. The number of H-pyrrole nitrogens is 2. The van der Waals surface area contributed by atoms with Gasteiger partial charge < -0.3 is 0 Å². The van der Waals surface area contributed by atoms with Crippen LogP contribution in [0.3, 0.4) is 0 Å². The maximum atomic E-state index is 5.31. The van der Waals surface area contributed by atoms with E-state index in [0.29, 0.717) is 10.6 Å². The van der Waals surface area contributed by atoms with E-state index >= 15 is 0 Å². The molecule has 0 amide bonds. The second-order valence-electron chi connectivity index (χ2n) is 5.57. The van der Waals surface area contributed by atoms with Crippen LogP contribution in [0.1, 0.15) is 5.56 Å². The minimum Gasteiger partial charge on any atom is -0.277 e. The van der Waals surface area contributed by atoms with Crippen LogP contribution in [0.5, 0.6) is 0 Å². The van der Waals surface area contributed by atoms with Gasteiger partial charge in [-0.15, -0.1) is 11.8 Å².